The summed E-state index contributed by atoms with van der Waals surface area (Å²) < 4.78 is 57.9. The maximum Gasteiger partial charge on any atom is 0.433 e. The molecule has 0 aliphatic carbocycles. The van der Waals surface area contributed by atoms with Crippen LogP contribution < -0.4 is 0 Å². The molecule has 10 heteroatoms. The number of aromatic nitrogens is 4. The van der Waals surface area contributed by atoms with Gasteiger partial charge in [0.25, 0.3) is 5.95 Å². The van der Waals surface area contributed by atoms with Crippen LogP contribution in [0.5, 0.6) is 0 Å². The lowest BCUT2D eigenvalue weighted by Crippen LogP contribution is -2.14. The van der Waals surface area contributed by atoms with Gasteiger partial charge in [-0.15, -0.1) is 0 Å². The van der Waals surface area contributed by atoms with E-state index in [9.17, 15) is 17.6 Å². The number of halogens is 6. The molecule has 0 radical (unpaired) electrons. The van der Waals surface area contributed by atoms with Crippen molar-refractivity contribution in [3.05, 3.63) is 105 Å². The Labute approximate surface area is 219 Å². The van der Waals surface area contributed by atoms with Crippen LogP contribution in [0.15, 0.2) is 93.9 Å². The van der Waals surface area contributed by atoms with Gasteiger partial charge >= 0.3 is 6.18 Å². The maximum absolute atomic E-state index is 13.8. The van der Waals surface area contributed by atoms with E-state index in [0.717, 1.165) is 32.7 Å². The van der Waals surface area contributed by atoms with Gasteiger partial charge in [0.15, 0.2) is 5.69 Å². The van der Waals surface area contributed by atoms with E-state index in [4.69, 9.17) is 0 Å². The molecule has 0 fully saturated rings. The van der Waals surface area contributed by atoms with E-state index < -0.39 is 17.7 Å². The van der Waals surface area contributed by atoms with Gasteiger partial charge in [0.2, 0.25) is 0 Å². The second kappa shape index (κ2) is 9.59. The summed E-state index contributed by atoms with van der Waals surface area (Å²) in [5.74, 6) is -0.771. The van der Waals surface area contributed by atoms with Gasteiger partial charge in [-0.1, -0.05) is 56.1 Å². The van der Waals surface area contributed by atoms with E-state index >= 15 is 0 Å². The van der Waals surface area contributed by atoms with Crippen LogP contribution in [0.25, 0.3) is 39.7 Å². The molecule has 0 amide bonds. The highest BCUT2D eigenvalue weighted by Crippen LogP contribution is 2.34. The topological polar surface area (TPSA) is 43.6 Å². The van der Waals surface area contributed by atoms with Crippen LogP contribution in [0.1, 0.15) is 5.69 Å². The van der Waals surface area contributed by atoms with Crippen LogP contribution in [0.3, 0.4) is 0 Å². The molecule has 5 aromatic rings. The fraction of sp³-hybridized carbons (Fsp3) is 0.0385. The Kier molecular flexibility index (Phi) is 6.48. The van der Waals surface area contributed by atoms with Crippen LogP contribution in [0.4, 0.5) is 17.6 Å². The first-order valence-corrected chi connectivity index (χ1v) is 12.1. The normalized spacial score (nSPS) is 11.6. The minimum absolute atomic E-state index is 0.00739. The number of benzene rings is 3. The van der Waals surface area contributed by atoms with Gasteiger partial charge < -0.3 is 0 Å². The van der Waals surface area contributed by atoms with Crippen molar-refractivity contribution in [2.75, 3.05) is 0 Å². The number of hydrogen-bond acceptors (Lipinski definition) is 3. The maximum atomic E-state index is 13.8. The summed E-state index contributed by atoms with van der Waals surface area (Å²) in [4.78, 5) is 8.22. The van der Waals surface area contributed by atoms with E-state index in [1.165, 1.54) is 16.8 Å². The zero-order valence-corrected chi connectivity index (χ0v) is 21.3. The zero-order valence-electron chi connectivity index (χ0n) is 18.1. The predicted molar refractivity (Wildman–Crippen MR) is 136 cm³/mol. The minimum atomic E-state index is -4.73. The van der Waals surface area contributed by atoms with Crippen LogP contribution in [-0.2, 0) is 6.18 Å². The molecular weight excluding hydrogens is 604 g/mol. The summed E-state index contributed by atoms with van der Waals surface area (Å²) in [7, 11) is 0. The number of rotatable bonds is 4. The Morgan fingerprint density at radius 3 is 1.94 bits per heavy atom. The average Bonchev–Trinajstić information content (AvgIpc) is 3.29. The molecule has 0 unspecified atom stereocenters. The third kappa shape index (κ3) is 5.10. The highest BCUT2D eigenvalue weighted by molar-refractivity contribution is 9.10. The van der Waals surface area contributed by atoms with Gasteiger partial charge in [-0.2, -0.15) is 23.0 Å². The lowest BCUT2D eigenvalue weighted by Gasteiger charge is -2.12. The van der Waals surface area contributed by atoms with Gasteiger partial charge in [-0.05, 0) is 60.7 Å². The Hall–Kier alpha value is -3.37. The molecule has 0 aliphatic rings. The lowest BCUT2D eigenvalue weighted by atomic mass is 10.1. The van der Waals surface area contributed by atoms with Gasteiger partial charge in [-0.25, -0.2) is 14.4 Å². The fourth-order valence-corrected chi connectivity index (χ4v) is 4.42. The van der Waals surface area contributed by atoms with Crippen molar-refractivity contribution in [2.45, 2.75) is 6.18 Å². The molecule has 180 valence electrons. The molecular formula is C26H14Br2F4N4. The Morgan fingerprint density at radius 1 is 0.667 bits per heavy atom. The minimum Gasteiger partial charge on any atom is -0.211 e. The van der Waals surface area contributed by atoms with Crippen molar-refractivity contribution < 1.29 is 17.6 Å². The summed E-state index contributed by atoms with van der Waals surface area (Å²) in [6, 6.07) is 22.4. The van der Waals surface area contributed by atoms with Crippen molar-refractivity contribution in [1.82, 2.24) is 19.7 Å². The van der Waals surface area contributed by atoms with Gasteiger partial charge in [-0.3, -0.25) is 0 Å². The molecule has 0 saturated heterocycles. The van der Waals surface area contributed by atoms with Crippen molar-refractivity contribution >= 4 is 31.9 Å². The molecule has 2 aromatic heterocycles. The monoisotopic (exact) mass is 616 g/mol. The average molecular weight is 618 g/mol. The largest absolute Gasteiger partial charge is 0.433 e. The predicted octanol–water partition coefficient (Wildman–Crippen LogP) is 8.35. The SMILES string of the molecule is Fc1ccc(-c2cc(C(F)(F)F)nc(-n3nc(-c4cccc(Br)c4)cc3-c3cccc(Br)c3)n2)cc1. The van der Waals surface area contributed by atoms with Crippen molar-refractivity contribution in [1.29, 1.82) is 0 Å². The standard InChI is InChI=1S/C26H14Br2F4N4/c27-18-5-1-3-16(11-18)22-13-23(17-4-2-6-19(28)12-17)36(35-22)25-33-21(14-24(34-25)26(30,31)32)15-7-9-20(29)10-8-15/h1-14H. The molecule has 0 saturated carbocycles. The Balaban J connectivity index is 1.76. The first-order chi connectivity index (χ1) is 17.2. The van der Waals surface area contributed by atoms with Crippen LogP contribution >= 0.6 is 31.9 Å². The molecule has 0 spiro atoms. The first kappa shape index (κ1) is 24.3. The van der Waals surface area contributed by atoms with Crippen LogP contribution in [0, 0.1) is 5.82 Å². The summed E-state index contributed by atoms with van der Waals surface area (Å²) in [5, 5.41) is 4.60. The van der Waals surface area contributed by atoms with Crippen molar-refractivity contribution in [3.8, 4) is 39.7 Å². The lowest BCUT2D eigenvalue weighted by molar-refractivity contribution is -0.141. The van der Waals surface area contributed by atoms with Gasteiger partial charge in [0.1, 0.15) is 5.82 Å². The summed E-state index contributed by atoms with van der Waals surface area (Å²) in [6.45, 7) is 0. The van der Waals surface area contributed by atoms with Crippen LogP contribution in [0.2, 0.25) is 0 Å². The number of alkyl halides is 3. The summed E-state index contributed by atoms with van der Waals surface area (Å²) in [6.07, 6.45) is -4.73. The fourth-order valence-electron chi connectivity index (χ4n) is 3.62. The van der Waals surface area contributed by atoms with Crippen LogP contribution in [-0.4, -0.2) is 19.7 Å². The molecule has 5 rings (SSSR count). The molecule has 0 aliphatic heterocycles. The summed E-state index contributed by atoms with van der Waals surface area (Å²) in [5.41, 5.74) is 1.64. The number of hydrogen-bond donors (Lipinski definition) is 0. The molecule has 0 bridgehead atoms. The second-order valence-electron chi connectivity index (χ2n) is 7.79. The zero-order chi connectivity index (χ0) is 25.4. The highest BCUT2D eigenvalue weighted by atomic mass is 79.9. The quantitative estimate of drug-likeness (QED) is 0.190. The second-order valence-corrected chi connectivity index (χ2v) is 9.62. The first-order valence-electron chi connectivity index (χ1n) is 10.5. The Morgan fingerprint density at radius 2 is 1.31 bits per heavy atom. The van der Waals surface area contributed by atoms with Crippen molar-refractivity contribution in [2.24, 2.45) is 0 Å². The summed E-state index contributed by atoms with van der Waals surface area (Å²) >= 11 is 6.88. The van der Waals surface area contributed by atoms with Gasteiger partial charge in [0.05, 0.1) is 17.1 Å². The van der Waals surface area contributed by atoms with Gasteiger partial charge in [0, 0.05) is 25.6 Å². The molecule has 0 N–H and O–H groups in total. The van der Waals surface area contributed by atoms with E-state index in [-0.39, 0.29) is 11.6 Å². The third-order valence-electron chi connectivity index (χ3n) is 5.28. The highest BCUT2D eigenvalue weighted by Gasteiger charge is 2.34. The van der Waals surface area contributed by atoms with Crippen molar-refractivity contribution in [3.63, 3.8) is 0 Å². The number of nitrogens with zero attached hydrogens (tertiary/aromatic N) is 4. The van der Waals surface area contributed by atoms with E-state index in [0.29, 0.717) is 22.5 Å². The third-order valence-corrected chi connectivity index (χ3v) is 6.27. The van der Waals surface area contributed by atoms with E-state index in [2.05, 4.69) is 46.9 Å². The Bertz CT molecular complexity index is 1560. The molecule has 0 atom stereocenters. The van der Waals surface area contributed by atoms with E-state index in [1.54, 1.807) is 6.07 Å². The van der Waals surface area contributed by atoms with E-state index in [1.807, 2.05) is 48.5 Å². The molecule has 36 heavy (non-hydrogen) atoms. The molecule has 2 heterocycles. The smallest absolute Gasteiger partial charge is 0.211 e. The molecule has 3 aromatic carbocycles. The molecule has 4 nitrogen and oxygen atoms in total.